The van der Waals surface area contributed by atoms with Crippen LogP contribution in [0.5, 0.6) is 0 Å². The first-order valence-corrected chi connectivity index (χ1v) is 6.47. The van der Waals surface area contributed by atoms with Gasteiger partial charge in [0.15, 0.2) is 11.0 Å². The fraction of sp³-hybridized carbons (Fsp3) is 0.0667. The Labute approximate surface area is 120 Å². The largest absolute Gasteiger partial charge is 0.336 e. The van der Waals surface area contributed by atoms with Crippen molar-refractivity contribution in [2.45, 2.75) is 6.92 Å². The van der Waals surface area contributed by atoms with Gasteiger partial charge in [0, 0.05) is 10.8 Å². The number of nitrogens with zero attached hydrogens (tertiary/aromatic N) is 2. The zero-order valence-electron chi connectivity index (χ0n) is 10.7. The summed E-state index contributed by atoms with van der Waals surface area (Å²) in [4.78, 5) is 0. The summed E-state index contributed by atoms with van der Waals surface area (Å²) in [5, 5.41) is 12.8. The van der Waals surface area contributed by atoms with Crippen molar-refractivity contribution in [3.05, 3.63) is 59.0 Å². The summed E-state index contributed by atoms with van der Waals surface area (Å²) in [7, 11) is 0. The quantitative estimate of drug-likeness (QED) is 0.755. The number of halogens is 2. The highest BCUT2D eigenvalue weighted by molar-refractivity contribution is 6.34. The van der Waals surface area contributed by atoms with E-state index in [1.165, 1.54) is 6.07 Å². The molecule has 0 fully saturated rings. The van der Waals surface area contributed by atoms with Gasteiger partial charge in [-0.05, 0) is 24.6 Å². The summed E-state index contributed by atoms with van der Waals surface area (Å²) in [5.41, 5.74) is 1.22. The molecule has 3 aromatic rings. The number of fused-ring (bicyclic) bond motifs is 1. The van der Waals surface area contributed by atoms with Gasteiger partial charge in [-0.15, -0.1) is 10.2 Å². The van der Waals surface area contributed by atoms with Crippen molar-refractivity contribution in [1.82, 2.24) is 10.2 Å². The van der Waals surface area contributed by atoms with Crippen LogP contribution in [0.25, 0.3) is 10.8 Å². The lowest BCUT2D eigenvalue weighted by molar-refractivity contribution is 0.630. The van der Waals surface area contributed by atoms with Crippen molar-refractivity contribution in [1.29, 1.82) is 0 Å². The summed E-state index contributed by atoms with van der Waals surface area (Å²) >= 11 is 6.01. The average Bonchev–Trinajstić information content (AvgIpc) is 2.45. The highest BCUT2D eigenvalue weighted by Gasteiger charge is 2.09. The highest BCUT2D eigenvalue weighted by atomic mass is 35.5. The number of benzene rings is 2. The molecule has 0 aliphatic heterocycles. The van der Waals surface area contributed by atoms with Crippen LogP contribution in [0.4, 0.5) is 15.9 Å². The van der Waals surface area contributed by atoms with Gasteiger partial charge in [0.05, 0.1) is 5.69 Å². The molecule has 0 aliphatic rings. The molecule has 1 heterocycles. The van der Waals surface area contributed by atoms with Gasteiger partial charge in [-0.2, -0.15) is 0 Å². The molecule has 3 nitrogen and oxygen atoms in total. The van der Waals surface area contributed by atoms with Crippen molar-refractivity contribution in [3.8, 4) is 0 Å². The van der Waals surface area contributed by atoms with Crippen LogP contribution in [0.15, 0.2) is 42.5 Å². The first kappa shape index (κ1) is 12.8. The summed E-state index contributed by atoms with van der Waals surface area (Å²) in [5.74, 6) is 0.151. The molecule has 5 heteroatoms. The Hall–Kier alpha value is -2.20. The van der Waals surface area contributed by atoms with E-state index in [-0.39, 0.29) is 5.82 Å². The molecular formula is C15H11ClFN3. The minimum absolute atomic E-state index is 0.328. The third kappa shape index (κ3) is 2.30. The second kappa shape index (κ2) is 5.06. The average molecular weight is 288 g/mol. The molecule has 0 saturated heterocycles. The summed E-state index contributed by atoms with van der Waals surface area (Å²) in [6, 6.07) is 12.4. The Balaban J connectivity index is 2.09. The van der Waals surface area contributed by atoms with Gasteiger partial charge in [0.2, 0.25) is 0 Å². The standard InChI is InChI=1S/C15H11ClFN3/c1-9-6-7-13(12(17)8-9)18-15-11-5-3-2-4-10(11)14(16)19-20-15/h2-8H,1H3,(H,18,20). The molecule has 0 spiro atoms. The number of hydrogen-bond donors (Lipinski definition) is 1. The third-order valence-corrected chi connectivity index (χ3v) is 3.30. The van der Waals surface area contributed by atoms with Gasteiger partial charge < -0.3 is 5.32 Å². The molecule has 0 radical (unpaired) electrons. The lowest BCUT2D eigenvalue weighted by Crippen LogP contribution is -1.99. The van der Waals surface area contributed by atoms with Crippen LogP contribution in [0.3, 0.4) is 0 Å². The molecule has 3 rings (SSSR count). The Kier molecular flexibility index (Phi) is 3.24. The second-order valence-electron chi connectivity index (χ2n) is 4.49. The van der Waals surface area contributed by atoms with E-state index in [0.29, 0.717) is 16.7 Å². The second-order valence-corrected chi connectivity index (χ2v) is 4.85. The van der Waals surface area contributed by atoms with Crippen LogP contribution in [0.2, 0.25) is 5.15 Å². The van der Waals surface area contributed by atoms with Crippen molar-refractivity contribution >= 4 is 33.9 Å². The number of anilines is 2. The molecular weight excluding hydrogens is 277 g/mol. The van der Waals surface area contributed by atoms with E-state index in [4.69, 9.17) is 11.6 Å². The summed E-state index contributed by atoms with van der Waals surface area (Å²) < 4.78 is 13.9. The van der Waals surface area contributed by atoms with Gasteiger partial charge in [0.1, 0.15) is 5.82 Å². The zero-order valence-corrected chi connectivity index (χ0v) is 11.4. The van der Waals surface area contributed by atoms with Crippen molar-refractivity contribution in [2.24, 2.45) is 0 Å². The molecule has 100 valence electrons. The van der Waals surface area contributed by atoms with E-state index in [1.807, 2.05) is 37.3 Å². The maximum absolute atomic E-state index is 13.9. The number of aromatic nitrogens is 2. The Bertz CT molecular complexity index is 789. The molecule has 0 bridgehead atoms. The summed E-state index contributed by atoms with van der Waals surface area (Å²) in [6.45, 7) is 1.84. The molecule has 0 atom stereocenters. The van der Waals surface area contributed by atoms with E-state index < -0.39 is 0 Å². The lowest BCUT2D eigenvalue weighted by Gasteiger charge is -2.10. The molecule has 0 unspecified atom stereocenters. The molecule has 20 heavy (non-hydrogen) atoms. The SMILES string of the molecule is Cc1ccc(Nc2nnc(Cl)c3ccccc23)c(F)c1. The van der Waals surface area contributed by atoms with Crippen LogP contribution in [0, 0.1) is 12.7 Å². The number of aryl methyl sites for hydroxylation is 1. The monoisotopic (exact) mass is 287 g/mol. The molecule has 1 N–H and O–H groups in total. The van der Waals surface area contributed by atoms with Crippen molar-refractivity contribution < 1.29 is 4.39 Å². The third-order valence-electron chi connectivity index (χ3n) is 3.02. The normalized spacial score (nSPS) is 10.8. The fourth-order valence-electron chi connectivity index (χ4n) is 2.01. The van der Waals surface area contributed by atoms with Gasteiger partial charge in [0.25, 0.3) is 0 Å². The van der Waals surface area contributed by atoms with Crippen LogP contribution in [-0.4, -0.2) is 10.2 Å². The molecule has 1 aromatic heterocycles. The van der Waals surface area contributed by atoms with E-state index in [9.17, 15) is 4.39 Å². The van der Waals surface area contributed by atoms with Crippen LogP contribution >= 0.6 is 11.6 Å². The number of nitrogens with one attached hydrogen (secondary N) is 1. The van der Waals surface area contributed by atoms with Gasteiger partial charge in [-0.3, -0.25) is 0 Å². The molecule has 2 aromatic carbocycles. The topological polar surface area (TPSA) is 37.8 Å². The van der Waals surface area contributed by atoms with E-state index in [2.05, 4.69) is 15.5 Å². The fourth-order valence-corrected chi connectivity index (χ4v) is 2.22. The lowest BCUT2D eigenvalue weighted by atomic mass is 10.2. The minimum Gasteiger partial charge on any atom is -0.336 e. The van der Waals surface area contributed by atoms with Gasteiger partial charge >= 0.3 is 0 Å². The van der Waals surface area contributed by atoms with E-state index >= 15 is 0 Å². The first-order chi connectivity index (χ1) is 9.65. The van der Waals surface area contributed by atoms with Gasteiger partial charge in [-0.25, -0.2) is 4.39 Å². The Morgan fingerprint density at radius 1 is 1.05 bits per heavy atom. The van der Waals surface area contributed by atoms with Crippen molar-refractivity contribution in [2.75, 3.05) is 5.32 Å². The maximum atomic E-state index is 13.9. The van der Waals surface area contributed by atoms with Crippen LogP contribution in [0.1, 0.15) is 5.56 Å². The smallest absolute Gasteiger partial charge is 0.161 e. The Morgan fingerprint density at radius 2 is 1.80 bits per heavy atom. The summed E-state index contributed by atoms with van der Waals surface area (Å²) in [6.07, 6.45) is 0. The molecule has 0 aliphatic carbocycles. The predicted octanol–water partition coefficient (Wildman–Crippen LogP) is 4.47. The number of hydrogen-bond acceptors (Lipinski definition) is 3. The zero-order chi connectivity index (χ0) is 14.1. The predicted molar refractivity (Wildman–Crippen MR) is 79.0 cm³/mol. The minimum atomic E-state index is -0.328. The maximum Gasteiger partial charge on any atom is 0.161 e. The van der Waals surface area contributed by atoms with Crippen molar-refractivity contribution in [3.63, 3.8) is 0 Å². The number of rotatable bonds is 2. The van der Waals surface area contributed by atoms with E-state index in [0.717, 1.165) is 16.3 Å². The Morgan fingerprint density at radius 3 is 2.55 bits per heavy atom. The molecule has 0 amide bonds. The highest BCUT2D eigenvalue weighted by Crippen LogP contribution is 2.28. The van der Waals surface area contributed by atoms with Crippen LogP contribution in [-0.2, 0) is 0 Å². The van der Waals surface area contributed by atoms with Crippen LogP contribution < -0.4 is 5.32 Å². The van der Waals surface area contributed by atoms with E-state index in [1.54, 1.807) is 6.07 Å². The van der Waals surface area contributed by atoms with Gasteiger partial charge in [-0.1, -0.05) is 41.9 Å². The molecule has 0 saturated carbocycles. The first-order valence-electron chi connectivity index (χ1n) is 6.09.